The monoisotopic (exact) mass is 566 g/mol. The van der Waals surface area contributed by atoms with E-state index in [0.717, 1.165) is 33.5 Å². The molecule has 10 heteroatoms. The lowest BCUT2D eigenvalue weighted by atomic mass is 10.1. The first-order chi connectivity index (χ1) is 18.7. The molecule has 1 N–H and O–H groups in total. The van der Waals surface area contributed by atoms with Crippen molar-refractivity contribution in [1.29, 1.82) is 0 Å². The van der Waals surface area contributed by atoms with Gasteiger partial charge in [-0.3, -0.25) is 19.3 Å². The first kappa shape index (κ1) is 28.1. The molecule has 0 spiro atoms. The molecule has 3 aromatic rings. The molecule has 1 saturated heterocycles. The van der Waals surface area contributed by atoms with Gasteiger partial charge in [0, 0.05) is 5.69 Å². The molecule has 1 aliphatic heterocycles. The summed E-state index contributed by atoms with van der Waals surface area (Å²) in [5, 5.41) is 2.91. The molecule has 3 aromatic carbocycles. The number of rotatable bonds is 10. The standard InChI is InChI=1S/C29H27ClN2O6S/c1-18-8-10-22(19(2)14-18)31-27(33)17-38-24-11-9-20(15-25(24)36-3)16-26-28(34)32(29(35)39-26)12-13-37-23-7-5-4-6-21(23)30/h4-11,14-16H,12-13,17H2,1-3H3,(H,31,33)/b26-16-. The number of methoxy groups -OCH3 is 1. The van der Waals surface area contributed by atoms with Gasteiger partial charge in [-0.15, -0.1) is 0 Å². The van der Waals surface area contributed by atoms with Crippen LogP contribution in [0.4, 0.5) is 10.5 Å². The Hall–Kier alpha value is -3.95. The van der Waals surface area contributed by atoms with Crippen LogP contribution in [-0.2, 0) is 9.59 Å². The number of benzene rings is 3. The van der Waals surface area contributed by atoms with Gasteiger partial charge >= 0.3 is 0 Å². The smallest absolute Gasteiger partial charge is 0.293 e. The minimum atomic E-state index is -0.407. The summed E-state index contributed by atoms with van der Waals surface area (Å²) in [6, 6.07) is 17.8. The molecule has 39 heavy (non-hydrogen) atoms. The zero-order valence-electron chi connectivity index (χ0n) is 21.7. The largest absolute Gasteiger partial charge is 0.493 e. The van der Waals surface area contributed by atoms with Crippen molar-refractivity contribution in [2.24, 2.45) is 0 Å². The van der Waals surface area contributed by atoms with Gasteiger partial charge in [0.05, 0.1) is 23.6 Å². The SMILES string of the molecule is COc1cc(/C=C2\SC(=O)N(CCOc3ccccc3Cl)C2=O)ccc1OCC(=O)Nc1ccc(C)cc1C. The molecular weight excluding hydrogens is 540 g/mol. The third kappa shape index (κ3) is 7.13. The number of imide groups is 1. The lowest BCUT2D eigenvalue weighted by Crippen LogP contribution is -2.32. The summed E-state index contributed by atoms with van der Waals surface area (Å²) in [5.41, 5.74) is 3.43. The fourth-order valence-corrected chi connectivity index (χ4v) is 4.88. The highest BCUT2D eigenvalue weighted by Crippen LogP contribution is 2.34. The van der Waals surface area contributed by atoms with Gasteiger partial charge in [-0.05, 0) is 73.1 Å². The maximum absolute atomic E-state index is 12.9. The van der Waals surface area contributed by atoms with Crippen LogP contribution in [0.15, 0.2) is 65.6 Å². The van der Waals surface area contributed by atoms with Crippen LogP contribution >= 0.6 is 23.4 Å². The van der Waals surface area contributed by atoms with Crippen molar-refractivity contribution in [3.63, 3.8) is 0 Å². The lowest BCUT2D eigenvalue weighted by molar-refractivity contribution is -0.123. The predicted molar refractivity (Wildman–Crippen MR) is 153 cm³/mol. The number of para-hydroxylation sites is 1. The van der Waals surface area contributed by atoms with Crippen LogP contribution in [0.1, 0.15) is 16.7 Å². The molecule has 0 bridgehead atoms. The van der Waals surface area contributed by atoms with Gasteiger partial charge in [-0.2, -0.15) is 0 Å². The summed E-state index contributed by atoms with van der Waals surface area (Å²) in [6.07, 6.45) is 1.61. The molecule has 0 aromatic heterocycles. The van der Waals surface area contributed by atoms with E-state index in [0.29, 0.717) is 27.8 Å². The van der Waals surface area contributed by atoms with Crippen LogP contribution in [0.3, 0.4) is 0 Å². The summed E-state index contributed by atoms with van der Waals surface area (Å²) in [5.74, 6) is 0.528. The number of nitrogens with one attached hydrogen (secondary N) is 1. The highest BCUT2D eigenvalue weighted by Gasteiger charge is 2.34. The number of amides is 3. The first-order valence-electron chi connectivity index (χ1n) is 12.1. The van der Waals surface area contributed by atoms with Crippen LogP contribution in [0, 0.1) is 13.8 Å². The van der Waals surface area contributed by atoms with E-state index in [9.17, 15) is 14.4 Å². The van der Waals surface area contributed by atoms with E-state index in [-0.39, 0.29) is 35.8 Å². The Kier molecular flexibility index (Phi) is 9.16. The molecule has 0 saturated carbocycles. The van der Waals surface area contributed by atoms with Gasteiger partial charge in [0.25, 0.3) is 17.1 Å². The van der Waals surface area contributed by atoms with Crippen LogP contribution in [0.2, 0.25) is 5.02 Å². The molecule has 0 atom stereocenters. The molecule has 3 amide bonds. The molecule has 202 valence electrons. The van der Waals surface area contributed by atoms with Crippen molar-refractivity contribution in [2.75, 3.05) is 32.2 Å². The van der Waals surface area contributed by atoms with Gasteiger partial charge in [0.15, 0.2) is 18.1 Å². The molecule has 4 rings (SSSR count). The zero-order valence-corrected chi connectivity index (χ0v) is 23.2. The Labute approximate surface area is 235 Å². The molecule has 0 radical (unpaired) electrons. The first-order valence-corrected chi connectivity index (χ1v) is 13.2. The van der Waals surface area contributed by atoms with Crippen LogP contribution in [0.25, 0.3) is 6.08 Å². The lowest BCUT2D eigenvalue weighted by Gasteiger charge is -2.14. The molecule has 1 heterocycles. The van der Waals surface area contributed by atoms with Gasteiger partial charge in [0.2, 0.25) is 0 Å². The number of carbonyl (C=O) groups excluding carboxylic acids is 3. The number of anilines is 1. The highest BCUT2D eigenvalue weighted by molar-refractivity contribution is 8.18. The Balaban J connectivity index is 1.36. The van der Waals surface area contributed by atoms with Crippen LogP contribution < -0.4 is 19.5 Å². The molecule has 1 aliphatic rings. The predicted octanol–water partition coefficient (Wildman–Crippen LogP) is 6.10. The number of carbonyl (C=O) groups is 3. The maximum Gasteiger partial charge on any atom is 0.293 e. The Morgan fingerprint density at radius 3 is 2.54 bits per heavy atom. The van der Waals surface area contributed by atoms with E-state index in [1.807, 2.05) is 32.0 Å². The average molecular weight is 567 g/mol. The number of nitrogens with zero attached hydrogens (tertiary/aromatic N) is 1. The van der Waals surface area contributed by atoms with E-state index >= 15 is 0 Å². The van der Waals surface area contributed by atoms with Crippen molar-refractivity contribution < 1.29 is 28.6 Å². The molecule has 0 unspecified atom stereocenters. The number of hydrogen-bond acceptors (Lipinski definition) is 7. The number of hydrogen-bond donors (Lipinski definition) is 1. The van der Waals surface area contributed by atoms with Gasteiger partial charge in [0.1, 0.15) is 12.4 Å². The third-order valence-corrected chi connectivity index (χ3v) is 7.00. The molecule has 8 nitrogen and oxygen atoms in total. The van der Waals surface area contributed by atoms with Crippen LogP contribution in [0.5, 0.6) is 17.2 Å². The number of halogens is 1. The average Bonchev–Trinajstić information content (AvgIpc) is 3.17. The summed E-state index contributed by atoms with van der Waals surface area (Å²) in [7, 11) is 1.48. The summed E-state index contributed by atoms with van der Waals surface area (Å²) in [4.78, 5) is 39.1. The van der Waals surface area contributed by atoms with E-state index in [4.69, 9.17) is 25.8 Å². The normalized spacial score (nSPS) is 14.1. The Morgan fingerprint density at radius 2 is 1.79 bits per heavy atom. The van der Waals surface area contributed by atoms with Crippen molar-refractivity contribution >= 4 is 52.2 Å². The van der Waals surface area contributed by atoms with Crippen molar-refractivity contribution in [3.05, 3.63) is 87.3 Å². The molecule has 0 aliphatic carbocycles. The second-order valence-corrected chi connectivity index (χ2v) is 10.1. The molecular formula is C29H27ClN2O6S. The topological polar surface area (TPSA) is 94.2 Å². The van der Waals surface area contributed by atoms with E-state index in [1.54, 1.807) is 48.5 Å². The second kappa shape index (κ2) is 12.7. The minimum absolute atomic E-state index is 0.0908. The van der Waals surface area contributed by atoms with Gasteiger partial charge in [-0.1, -0.05) is 47.5 Å². The third-order valence-electron chi connectivity index (χ3n) is 5.78. The van der Waals surface area contributed by atoms with Gasteiger partial charge in [-0.25, -0.2) is 0 Å². The van der Waals surface area contributed by atoms with Crippen LogP contribution in [-0.4, -0.2) is 48.8 Å². The number of aryl methyl sites for hydroxylation is 2. The van der Waals surface area contributed by atoms with E-state index in [2.05, 4.69) is 5.32 Å². The molecule has 1 fully saturated rings. The van der Waals surface area contributed by atoms with E-state index < -0.39 is 5.91 Å². The van der Waals surface area contributed by atoms with Crippen molar-refractivity contribution in [1.82, 2.24) is 4.90 Å². The fraction of sp³-hybridized carbons (Fsp3) is 0.207. The quantitative estimate of drug-likeness (QED) is 0.296. The van der Waals surface area contributed by atoms with Gasteiger partial charge < -0.3 is 19.5 Å². The zero-order chi connectivity index (χ0) is 27.9. The van der Waals surface area contributed by atoms with Crippen molar-refractivity contribution in [2.45, 2.75) is 13.8 Å². The number of thioether (sulfide) groups is 1. The second-order valence-electron chi connectivity index (χ2n) is 8.68. The summed E-state index contributed by atoms with van der Waals surface area (Å²) in [6.45, 7) is 3.91. The fourth-order valence-electron chi connectivity index (χ4n) is 3.83. The Bertz CT molecular complexity index is 1440. The minimum Gasteiger partial charge on any atom is -0.493 e. The highest BCUT2D eigenvalue weighted by atomic mass is 35.5. The van der Waals surface area contributed by atoms with Crippen molar-refractivity contribution in [3.8, 4) is 17.2 Å². The summed E-state index contributed by atoms with van der Waals surface area (Å²) < 4.78 is 16.7. The van der Waals surface area contributed by atoms with E-state index in [1.165, 1.54) is 7.11 Å². The summed E-state index contributed by atoms with van der Waals surface area (Å²) >= 11 is 6.93. The Morgan fingerprint density at radius 1 is 1.00 bits per heavy atom. The number of ether oxygens (including phenoxy) is 3. The maximum atomic E-state index is 12.9.